The van der Waals surface area contributed by atoms with Gasteiger partial charge in [-0.3, -0.25) is 4.89 Å². The van der Waals surface area contributed by atoms with E-state index in [2.05, 4.69) is 21.5 Å². The maximum atomic E-state index is 11.2. The van der Waals surface area contributed by atoms with Gasteiger partial charge in [0.1, 0.15) is 0 Å². The molecule has 0 spiro atoms. The molecule has 1 atom stereocenters. The first-order valence-electron chi connectivity index (χ1n) is 4.74. The summed E-state index contributed by atoms with van der Waals surface area (Å²) < 4.78 is 4.33. The molecule has 2 N–H and O–H groups in total. The Morgan fingerprint density at radius 1 is 1.41 bits per heavy atom. The smallest absolute Gasteiger partial charge is 0.407 e. The number of carbonyl (C=O) groups excluding carboxylic acids is 2. The van der Waals surface area contributed by atoms with Gasteiger partial charge in [-0.15, -0.1) is 0 Å². The lowest BCUT2D eigenvalue weighted by molar-refractivity contribution is -0.235. The first kappa shape index (κ1) is 14.9. The first-order chi connectivity index (χ1) is 8.06. The Morgan fingerprint density at radius 2 is 2.06 bits per heavy atom. The molecular formula is C11H15NO5. The summed E-state index contributed by atoms with van der Waals surface area (Å²) in [6.07, 6.45) is 5.78. The molecule has 0 saturated carbocycles. The number of nitrogens with one attached hydrogen (secondary N) is 1. The molecule has 0 aromatic heterocycles. The number of carbonyl (C=O) groups is 2. The van der Waals surface area contributed by atoms with Crippen LogP contribution in [0.15, 0.2) is 36.5 Å². The van der Waals surface area contributed by atoms with Gasteiger partial charge in [-0.25, -0.2) is 9.59 Å². The quantitative estimate of drug-likeness (QED) is 0.432. The van der Waals surface area contributed by atoms with E-state index >= 15 is 0 Å². The minimum absolute atomic E-state index is 0.243. The fourth-order valence-electron chi connectivity index (χ4n) is 0.919. The van der Waals surface area contributed by atoms with Gasteiger partial charge < -0.3 is 10.1 Å². The molecular weight excluding hydrogens is 226 g/mol. The predicted molar refractivity (Wildman–Crippen MR) is 61.1 cm³/mol. The lowest BCUT2D eigenvalue weighted by atomic mass is 10.1. The van der Waals surface area contributed by atoms with Crippen molar-refractivity contribution in [3.05, 3.63) is 36.5 Å². The van der Waals surface area contributed by atoms with Crippen molar-refractivity contribution in [2.24, 2.45) is 0 Å². The maximum absolute atomic E-state index is 11.2. The number of methoxy groups -OCH3 is 1. The summed E-state index contributed by atoms with van der Waals surface area (Å²) in [5, 5.41) is 10.5. The molecule has 0 aromatic carbocycles. The highest BCUT2D eigenvalue weighted by Crippen LogP contribution is 2.04. The van der Waals surface area contributed by atoms with Crippen molar-refractivity contribution >= 4 is 12.1 Å². The molecule has 6 heteroatoms. The molecule has 0 aliphatic rings. The number of amides is 1. The molecule has 0 radical (unpaired) electrons. The molecule has 6 nitrogen and oxygen atoms in total. The fourth-order valence-corrected chi connectivity index (χ4v) is 0.919. The Morgan fingerprint density at radius 3 is 2.53 bits per heavy atom. The van der Waals surface area contributed by atoms with Crippen molar-refractivity contribution in [3.63, 3.8) is 0 Å². The molecule has 0 aromatic rings. The minimum atomic E-state index is -1.20. The van der Waals surface area contributed by atoms with E-state index in [1.807, 2.05) is 6.92 Å². The van der Waals surface area contributed by atoms with E-state index in [-0.39, 0.29) is 5.57 Å². The number of ether oxygens (including phenoxy) is 1. The zero-order valence-corrected chi connectivity index (χ0v) is 9.67. The summed E-state index contributed by atoms with van der Waals surface area (Å²) >= 11 is 0. The summed E-state index contributed by atoms with van der Waals surface area (Å²) in [5.41, 5.74) is 0.243. The lowest BCUT2D eigenvalue weighted by Crippen LogP contribution is -2.42. The van der Waals surface area contributed by atoms with Crippen molar-refractivity contribution in [2.75, 3.05) is 7.11 Å². The van der Waals surface area contributed by atoms with Crippen LogP contribution in [0.5, 0.6) is 0 Å². The van der Waals surface area contributed by atoms with Gasteiger partial charge in [-0.05, 0) is 12.5 Å². The Labute approximate surface area is 99.1 Å². The second-order valence-electron chi connectivity index (χ2n) is 2.94. The molecule has 0 fully saturated rings. The highest BCUT2D eigenvalue weighted by molar-refractivity contribution is 5.84. The van der Waals surface area contributed by atoms with E-state index in [4.69, 9.17) is 5.26 Å². The molecule has 0 unspecified atom stereocenters. The van der Waals surface area contributed by atoms with Gasteiger partial charge in [0.05, 0.1) is 7.11 Å². The zero-order valence-electron chi connectivity index (χ0n) is 9.67. The lowest BCUT2D eigenvalue weighted by Gasteiger charge is -2.14. The van der Waals surface area contributed by atoms with Crippen LogP contribution in [0, 0.1) is 0 Å². The molecule has 1 amide bonds. The molecule has 0 saturated heterocycles. The van der Waals surface area contributed by atoms with Gasteiger partial charge in [0, 0.05) is 0 Å². The van der Waals surface area contributed by atoms with E-state index in [1.165, 1.54) is 6.08 Å². The van der Waals surface area contributed by atoms with Crippen molar-refractivity contribution in [1.29, 1.82) is 0 Å². The SMILES string of the molecule is C=C(/C=C\C=C/C)[C@@H](NC(=O)OC)C(=O)OO. The van der Waals surface area contributed by atoms with Crippen molar-refractivity contribution in [3.8, 4) is 0 Å². The molecule has 0 rings (SSSR count). The fraction of sp³-hybridized carbons (Fsp3) is 0.273. The number of allylic oxidation sites excluding steroid dienone is 3. The van der Waals surface area contributed by atoms with Crippen LogP contribution in [-0.4, -0.2) is 30.5 Å². The molecule has 17 heavy (non-hydrogen) atoms. The van der Waals surface area contributed by atoms with Crippen LogP contribution in [0.2, 0.25) is 0 Å². The van der Waals surface area contributed by atoms with Gasteiger partial charge >= 0.3 is 12.1 Å². The Balaban J connectivity index is 4.73. The summed E-state index contributed by atoms with van der Waals surface area (Å²) in [5.74, 6) is -1.05. The zero-order chi connectivity index (χ0) is 13.3. The molecule has 0 aliphatic carbocycles. The highest BCUT2D eigenvalue weighted by Gasteiger charge is 2.24. The molecule has 94 valence electrons. The van der Waals surface area contributed by atoms with Crippen LogP contribution in [0.4, 0.5) is 4.79 Å². The van der Waals surface area contributed by atoms with Crippen LogP contribution in [0.1, 0.15) is 6.92 Å². The Hall–Kier alpha value is -2.08. The summed E-state index contributed by atoms with van der Waals surface area (Å²) in [6, 6.07) is -1.20. The van der Waals surface area contributed by atoms with E-state index < -0.39 is 18.1 Å². The third-order valence-corrected chi connectivity index (χ3v) is 1.76. The number of rotatable bonds is 5. The van der Waals surface area contributed by atoms with Crippen molar-refractivity contribution in [2.45, 2.75) is 13.0 Å². The van der Waals surface area contributed by atoms with Gasteiger partial charge in [-0.1, -0.05) is 30.9 Å². The largest absolute Gasteiger partial charge is 0.453 e. The Kier molecular flexibility index (Phi) is 7.12. The van der Waals surface area contributed by atoms with Gasteiger partial charge in [-0.2, -0.15) is 5.26 Å². The van der Waals surface area contributed by atoms with E-state index in [0.717, 1.165) is 7.11 Å². The van der Waals surface area contributed by atoms with Crippen molar-refractivity contribution < 1.29 is 24.5 Å². The number of hydrogen-bond donors (Lipinski definition) is 2. The molecule has 0 bridgehead atoms. The van der Waals surface area contributed by atoms with Gasteiger partial charge in [0.2, 0.25) is 0 Å². The van der Waals surface area contributed by atoms with Crippen LogP contribution in [0.3, 0.4) is 0 Å². The highest BCUT2D eigenvalue weighted by atomic mass is 17.1. The van der Waals surface area contributed by atoms with Crippen LogP contribution in [-0.2, 0) is 14.4 Å². The van der Waals surface area contributed by atoms with Gasteiger partial charge in [0.15, 0.2) is 6.04 Å². The summed E-state index contributed by atoms with van der Waals surface area (Å²) in [4.78, 5) is 25.7. The van der Waals surface area contributed by atoms with E-state index in [0.29, 0.717) is 0 Å². The second kappa shape index (κ2) is 8.12. The maximum Gasteiger partial charge on any atom is 0.407 e. The average molecular weight is 241 g/mol. The van der Waals surface area contributed by atoms with Crippen LogP contribution in [0.25, 0.3) is 0 Å². The van der Waals surface area contributed by atoms with E-state index in [9.17, 15) is 9.59 Å². The van der Waals surface area contributed by atoms with E-state index in [1.54, 1.807) is 18.2 Å². The standard InChI is InChI=1S/C11H15NO5/c1-4-5-6-7-8(2)9(10(13)17-15)12-11(14)16-3/h4-7,9,15H,2H2,1,3H3,(H,12,14)/b5-4-,7-6-/t9-/m1/s1. The summed E-state index contributed by atoms with van der Waals surface area (Å²) in [7, 11) is 1.15. The van der Waals surface area contributed by atoms with Crippen molar-refractivity contribution in [1.82, 2.24) is 5.32 Å². The predicted octanol–water partition coefficient (Wildman–Crippen LogP) is 1.42. The first-order valence-corrected chi connectivity index (χ1v) is 4.74. The van der Waals surface area contributed by atoms with Crippen LogP contribution < -0.4 is 5.32 Å². The normalized spacial score (nSPS) is 12.4. The number of alkyl carbamates (subject to hydrolysis) is 1. The number of hydrogen-bond acceptors (Lipinski definition) is 5. The minimum Gasteiger partial charge on any atom is -0.453 e. The molecule has 0 heterocycles. The monoisotopic (exact) mass is 241 g/mol. The second-order valence-corrected chi connectivity index (χ2v) is 2.94. The third-order valence-electron chi connectivity index (χ3n) is 1.76. The van der Waals surface area contributed by atoms with Crippen LogP contribution >= 0.6 is 0 Å². The average Bonchev–Trinajstić information content (AvgIpc) is 2.34. The van der Waals surface area contributed by atoms with Gasteiger partial charge in [0.25, 0.3) is 0 Å². The Bertz CT molecular complexity index is 346. The summed E-state index contributed by atoms with van der Waals surface area (Å²) in [6.45, 7) is 5.40. The third kappa shape index (κ3) is 5.53. The topological polar surface area (TPSA) is 84.9 Å². The molecule has 0 aliphatic heterocycles.